The van der Waals surface area contributed by atoms with Crippen molar-refractivity contribution in [3.05, 3.63) is 197 Å². The standard InChI is InChI=1S/C51H31Br2N5/c52-37-22-14-32(15-23-37)49-54-50(33-16-24-38(53)25-17-33)56-51(55-49)34-18-26-40(27-19-34)58-45-12-6-4-10-41(45)43-28-20-36(31-48(43)58)35-21-29-47-44(30-35)42-11-5-7-13-46(42)57(47)39-8-2-1-3-9-39/h1-31H. The van der Waals surface area contributed by atoms with Crippen LogP contribution < -0.4 is 0 Å². The molecule has 11 aromatic rings. The molecule has 8 aromatic carbocycles. The number of hydrogen-bond acceptors (Lipinski definition) is 3. The molecule has 58 heavy (non-hydrogen) atoms. The Labute approximate surface area is 351 Å². The highest BCUT2D eigenvalue weighted by molar-refractivity contribution is 9.10. The van der Waals surface area contributed by atoms with Crippen LogP contribution in [0.15, 0.2) is 197 Å². The van der Waals surface area contributed by atoms with E-state index in [0.29, 0.717) is 17.5 Å². The zero-order chi connectivity index (χ0) is 38.7. The third-order valence-electron chi connectivity index (χ3n) is 10.9. The first-order valence-electron chi connectivity index (χ1n) is 19.1. The van der Waals surface area contributed by atoms with Gasteiger partial charge >= 0.3 is 0 Å². The molecule has 0 bridgehead atoms. The molecule has 0 amide bonds. The second-order valence-electron chi connectivity index (χ2n) is 14.4. The van der Waals surface area contributed by atoms with Crippen molar-refractivity contribution in [2.24, 2.45) is 0 Å². The van der Waals surface area contributed by atoms with Gasteiger partial charge in [0.1, 0.15) is 0 Å². The maximum absolute atomic E-state index is 4.99. The molecule has 0 spiro atoms. The van der Waals surface area contributed by atoms with Crippen LogP contribution in [-0.4, -0.2) is 24.1 Å². The summed E-state index contributed by atoms with van der Waals surface area (Å²) >= 11 is 7.12. The number of fused-ring (bicyclic) bond motifs is 6. The Kier molecular flexibility index (Phi) is 8.38. The van der Waals surface area contributed by atoms with Crippen molar-refractivity contribution in [2.75, 3.05) is 0 Å². The van der Waals surface area contributed by atoms with Crippen molar-refractivity contribution in [1.29, 1.82) is 0 Å². The fraction of sp³-hybridized carbons (Fsp3) is 0. The molecule has 0 atom stereocenters. The largest absolute Gasteiger partial charge is 0.309 e. The van der Waals surface area contributed by atoms with E-state index >= 15 is 0 Å². The molecule has 0 aliphatic heterocycles. The maximum atomic E-state index is 4.99. The van der Waals surface area contributed by atoms with Crippen LogP contribution >= 0.6 is 31.9 Å². The first kappa shape index (κ1) is 34.6. The average Bonchev–Trinajstić information content (AvgIpc) is 3.79. The minimum Gasteiger partial charge on any atom is -0.309 e. The van der Waals surface area contributed by atoms with Gasteiger partial charge in [0.2, 0.25) is 0 Å². The van der Waals surface area contributed by atoms with Gasteiger partial charge in [-0.25, -0.2) is 15.0 Å². The van der Waals surface area contributed by atoms with E-state index in [4.69, 9.17) is 15.0 Å². The highest BCUT2D eigenvalue weighted by Gasteiger charge is 2.17. The second kappa shape index (κ2) is 14.1. The zero-order valence-corrected chi connectivity index (χ0v) is 34.1. The quantitative estimate of drug-likeness (QED) is 0.167. The fourth-order valence-electron chi connectivity index (χ4n) is 8.16. The average molecular weight is 874 g/mol. The third kappa shape index (κ3) is 5.94. The minimum absolute atomic E-state index is 0.617. The van der Waals surface area contributed by atoms with Gasteiger partial charge in [-0.15, -0.1) is 0 Å². The van der Waals surface area contributed by atoms with Crippen molar-refractivity contribution >= 4 is 75.5 Å². The van der Waals surface area contributed by atoms with Crippen LogP contribution in [0.4, 0.5) is 0 Å². The molecule has 0 radical (unpaired) electrons. The van der Waals surface area contributed by atoms with Crippen LogP contribution in [-0.2, 0) is 0 Å². The maximum Gasteiger partial charge on any atom is 0.164 e. The highest BCUT2D eigenvalue weighted by Crippen LogP contribution is 2.38. The van der Waals surface area contributed by atoms with Gasteiger partial charge in [-0.1, -0.05) is 129 Å². The summed E-state index contributed by atoms with van der Waals surface area (Å²) in [4.78, 5) is 14.9. The summed E-state index contributed by atoms with van der Waals surface area (Å²) in [5.41, 5.74) is 12.0. The van der Waals surface area contributed by atoms with Crippen molar-refractivity contribution in [2.45, 2.75) is 0 Å². The van der Waals surface area contributed by atoms with Crippen LogP contribution in [0.2, 0.25) is 0 Å². The third-order valence-corrected chi connectivity index (χ3v) is 12.0. The lowest BCUT2D eigenvalue weighted by molar-refractivity contribution is 1.07. The first-order chi connectivity index (χ1) is 28.6. The number of rotatable bonds is 6. The molecule has 7 heteroatoms. The van der Waals surface area contributed by atoms with Gasteiger partial charge < -0.3 is 9.13 Å². The predicted molar refractivity (Wildman–Crippen MR) is 246 cm³/mol. The van der Waals surface area contributed by atoms with Crippen molar-refractivity contribution in [1.82, 2.24) is 24.1 Å². The van der Waals surface area contributed by atoms with Crippen LogP contribution in [0.3, 0.4) is 0 Å². The molecule has 5 nitrogen and oxygen atoms in total. The van der Waals surface area contributed by atoms with Crippen molar-refractivity contribution in [3.63, 3.8) is 0 Å². The second-order valence-corrected chi connectivity index (χ2v) is 16.2. The first-order valence-corrected chi connectivity index (χ1v) is 20.7. The van der Waals surface area contributed by atoms with Crippen molar-refractivity contribution in [3.8, 4) is 56.7 Å². The molecule has 0 fully saturated rings. The molecule has 11 rings (SSSR count). The van der Waals surface area contributed by atoms with Crippen LogP contribution in [0.25, 0.3) is 100 Å². The molecule has 0 unspecified atom stereocenters. The van der Waals surface area contributed by atoms with E-state index in [0.717, 1.165) is 53.6 Å². The topological polar surface area (TPSA) is 48.5 Å². The number of aromatic nitrogens is 5. The van der Waals surface area contributed by atoms with E-state index in [1.165, 1.54) is 38.1 Å². The summed E-state index contributed by atoms with van der Waals surface area (Å²) in [6.45, 7) is 0. The SMILES string of the molecule is Brc1ccc(-c2nc(-c3ccc(Br)cc3)nc(-c3ccc(-n4c5ccccc5c5ccc(-c6ccc7c(c6)c6ccccc6n7-c6ccccc6)cc54)cc3)n2)cc1. The van der Waals surface area contributed by atoms with Crippen LogP contribution in [0.5, 0.6) is 0 Å². The van der Waals surface area contributed by atoms with E-state index in [-0.39, 0.29) is 0 Å². The monoisotopic (exact) mass is 871 g/mol. The molecule has 0 N–H and O–H groups in total. The highest BCUT2D eigenvalue weighted by atomic mass is 79.9. The van der Waals surface area contributed by atoms with Crippen LogP contribution in [0.1, 0.15) is 0 Å². The van der Waals surface area contributed by atoms with Crippen molar-refractivity contribution < 1.29 is 0 Å². The molecule has 3 heterocycles. The van der Waals surface area contributed by atoms with E-state index in [1.54, 1.807) is 0 Å². The number of halogens is 2. The Hall–Kier alpha value is -6.67. The van der Waals surface area contributed by atoms with Gasteiger partial charge in [-0.05, 0) is 102 Å². The van der Waals surface area contributed by atoms with E-state index in [9.17, 15) is 0 Å². The summed E-state index contributed by atoms with van der Waals surface area (Å²) in [6, 6.07) is 66.3. The smallest absolute Gasteiger partial charge is 0.164 e. The van der Waals surface area contributed by atoms with Gasteiger partial charge in [0.05, 0.1) is 22.1 Å². The zero-order valence-electron chi connectivity index (χ0n) is 30.9. The molecule has 0 aliphatic rings. The molecule has 3 aromatic heterocycles. The summed E-state index contributed by atoms with van der Waals surface area (Å²) in [5, 5.41) is 4.90. The van der Waals surface area contributed by atoms with Gasteiger partial charge in [0, 0.05) is 58.6 Å². The molecule has 0 aliphatic carbocycles. The summed E-state index contributed by atoms with van der Waals surface area (Å²) in [7, 11) is 0. The van der Waals surface area contributed by atoms with Gasteiger partial charge in [-0.2, -0.15) is 0 Å². The Bertz CT molecular complexity index is 3270. The summed E-state index contributed by atoms with van der Waals surface area (Å²) in [5.74, 6) is 1.86. The Morgan fingerprint density at radius 2 is 0.690 bits per heavy atom. The van der Waals surface area contributed by atoms with E-state index in [1.807, 2.05) is 48.5 Å². The van der Waals surface area contributed by atoms with Crippen LogP contribution in [0, 0.1) is 0 Å². The lowest BCUT2D eigenvalue weighted by atomic mass is 10.0. The lowest BCUT2D eigenvalue weighted by Crippen LogP contribution is -2.00. The predicted octanol–water partition coefficient (Wildman–Crippen LogP) is 14.3. The van der Waals surface area contributed by atoms with Gasteiger partial charge in [0.15, 0.2) is 17.5 Å². The van der Waals surface area contributed by atoms with Gasteiger partial charge in [0.25, 0.3) is 0 Å². The Morgan fingerprint density at radius 1 is 0.293 bits per heavy atom. The fourth-order valence-corrected chi connectivity index (χ4v) is 8.69. The molecule has 0 saturated carbocycles. The normalized spacial score (nSPS) is 11.6. The number of nitrogens with zero attached hydrogens (tertiary/aromatic N) is 5. The molecule has 274 valence electrons. The molecular weight excluding hydrogens is 842 g/mol. The Morgan fingerprint density at radius 3 is 1.28 bits per heavy atom. The molecule has 0 saturated heterocycles. The minimum atomic E-state index is 0.617. The van der Waals surface area contributed by atoms with E-state index < -0.39 is 0 Å². The Balaban J connectivity index is 1.03. The van der Waals surface area contributed by atoms with E-state index in [2.05, 4.69) is 181 Å². The molecular formula is C51H31Br2N5. The lowest BCUT2D eigenvalue weighted by Gasteiger charge is -2.11. The number of para-hydroxylation sites is 3. The number of benzene rings is 8. The summed E-state index contributed by atoms with van der Waals surface area (Å²) in [6.07, 6.45) is 0. The number of hydrogen-bond donors (Lipinski definition) is 0. The van der Waals surface area contributed by atoms with Gasteiger partial charge in [-0.3, -0.25) is 0 Å². The summed E-state index contributed by atoms with van der Waals surface area (Å²) < 4.78 is 6.73.